The van der Waals surface area contributed by atoms with Gasteiger partial charge in [0.1, 0.15) is 11.3 Å². The number of benzene rings is 1. The molecular weight excluding hydrogens is 242 g/mol. The zero-order valence-electron chi connectivity index (χ0n) is 11.7. The first-order valence-corrected chi connectivity index (χ1v) is 6.04. The third-order valence-corrected chi connectivity index (χ3v) is 3.39. The molecular formula is C15H21NO3. The van der Waals surface area contributed by atoms with Crippen molar-refractivity contribution in [1.29, 1.82) is 0 Å². The number of terminal acetylenes is 1. The van der Waals surface area contributed by atoms with Gasteiger partial charge in [-0.3, -0.25) is 0 Å². The van der Waals surface area contributed by atoms with E-state index in [9.17, 15) is 15.3 Å². The number of hydrogen-bond acceptors (Lipinski definition) is 4. The average molecular weight is 263 g/mol. The Morgan fingerprint density at radius 2 is 1.63 bits per heavy atom. The van der Waals surface area contributed by atoms with E-state index in [0.717, 1.165) is 5.56 Å². The fraction of sp³-hybridized carbons (Fsp3) is 0.467. The van der Waals surface area contributed by atoms with Crippen molar-refractivity contribution >= 4 is 0 Å². The molecule has 4 heteroatoms. The van der Waals surface area contributed by atoms with Gasteiger partial charge in [0.15, 0.2) is 5.72 Å². The number of rotatable bonds is 4. The molecule has 0 spiro atoms. The summed E-state index contributed by atoms with van der Waals surface area (Å²) in [6.07, 6.45) is 5.17. The Morgan fingerprint density at radius 1 is 1.11 bits per heavy atom. The van der Waals surface area contributed by atoms with E-state index in [2.05, 4.69) is 11.2 Å². The van der Waals surface area contributed by atoms with Crippen molar-refractivity contribution < 1.29 is 15.3 Å². The highest BCUT2D eigenvalue weighted by Crippen LogP contribution is 2.33. The molecule has 1 rings (SSSR count). The van der Waals surface area contributed by atoms with Gasteiger partial charge in [0.05, 0.1) is 0 Å². The first-order valence-electron chi connectivity index (χ1n) is 6.04. The molecule has 104 valence electrons. The molecule has 4 nitrogen and oxygen atoms in total. The summed E-state index contributed by atoms with van der Waals surface area (Å²) >= 11 is 0. The lowest BCUT2D eigenvalue weighted by Crippen LogP contribution is -2.64. The second kappa shape index (κ2) is 4.95. The van der Waals surface area contributed by atoms with Gasteiger partial charge in [-0.2, -0.15) is 0 Å². The van der Waals surface area contributed by atoms with Gasteiger partial charge < -0.3 is 15.3 Å². The van der Waals surface area contributed by atoms with Crippen molar-refractivity contribution in [3.8, 4) is 12.3 Å². The molecule has 19 heavy (non-hydrogen) atoms. The quantitative estimate of drug-likeness (QED) is 0.480. The normalized spacial score (nSPS) is 20.7. The molecule has 0 aliphatic heterocycles. The Bertz CT molecular complexity index is 498. The highest BCUT2D eigenvalue weighted by molar-refractivity contribution is 5.33. The van der Waals surface area contributed by atoms with E-state index in [1.807, 2.05) is 19.1 Å². The first kappa shape index (κ1) is 15.7. The van der Waals surface area contributed by atoms with Gasteiger partial charge in [-0.05, 0) is 38.8 Å². The Balaban J connectivity index is 3.19. The van der Waals surface area contributed by atoms with Crippen LogP contribution in [0.2, 0.25) is 0 Å². The summed E-state index contributed by atoms with van der Waals surface area (Å²) < 4.78 is 0. The maximum Gasteiger partial charge on any atom is 0.178 e. The van der Waals surface area contributed by atoms with Crippen LogP contribution in [0.5, 0.6) is 0 Å². The van der Waals surface area contributed by atoms with Crippen molar-refractivity contribution in [2.24, 2.45) is 0 Å². The maximum absolute atomic E-state index is 10.7. The summed E-state index contributed by atoms with van der Waals surface area (Å²) in [4.78, 5) is 0. The predicted molar refractivity (Wildman–Crippen MR) is 74.0 cm³/mol. The highest BCUT2D eigenvalue weighted by Gasteiger charge is 2.46. The average Bonchev–Trinajstić information content (AvgIpc) is 2.27. The van der Waals surface area contributed by atoms with E-state index < -0.39 is 17.1 Å². The van der Waals surface area contributed by atoms with E-state index in [0.29, 0.717) is 5.56 Å². The summed E-state index contributed by atoms with van der Waals surface area (Å²) in [5.74, 6) is 2.11. The minimum absolute atomic E-state index is 0.556. The van der Waals surface area contributed by atoms with Crippen LogP contribution in [-0.2, 0) is 5.60 Å². The van der Waals surface area contributed by atoms with Crippen LogP contribution in [-0.4, -0.2) is 26.8 Å². The predicted octanol–water partition coefficient (Wildman–Crippen LogP) is 0.842. The Hall–Kier alpha value is -1.38. The second-order valence-corrected chi connectivity index (χ2v) is 5.30. The molecule has 0 heterocycles. The van der Waals surface area contributed by atoms with Crippen LogP contribution in [0.4, 0.5) is 0 Å². The lowest BCUT2D eigenvalue weighted by atomic mass is 9.83. The summed E-state index contributed by atoms with van der Waals surface area (Å²) in [6.45, 7) is 5.99. The summed E-state index contributed by atoms with van der Waals surface area (Å²) in [7, 11) is 0. The van der Waals surface area contributed by atoms with E-state index in [1.54, 1.807) is 12.1 Å². The topological polar surface area (TPSA) is 72.7 Å². The molecule has 0 fully saturated rings. The maximum atomic E-state index is 10.7. The first-order chi connectivity index (χ1) is 8.53. The number of hydrogen-bond donors (Lipinski definition) is 4. The molecule has 4 N–H and O–H groups in total. The van der Waals surface area contributed by atoms with Crippen molar-refractivity contribution in [2.45, 2.75) is 44.7 Å². The lowest BCUT2D eigenvalue weighted by molar-refractivity contribution is -0.182. The van der Waals surface area contributed by atoms with Gasteiger partial charge in [-0.25, -0.2) is 5.32 Å². The Kier molecular flexibility index (Phi) is 4.08. The summed E-state index contributed by atoms with van der Waals surface area (Å²) in [6, 6.07) is 7.16. The molecule has 0 aromatic heterocycles. The smallest absolute Gasteiger partial charge is 0.178 e. The minimum atomic E-state index is -1.81. The zero-order valence-corrected chi connectivity index (χ0v) is 11.7. The lowest BCUT2D eigenvalue weighted by Gasteiger charge is -2.43. The molecule has 0 radical (unpaired) electrons. The van der Waals surface area contributed by atoms with Crippen LogP contribution in [0.15, 0.2) is 24.3 Å². The van der Waals surface area contributed by atoms with Crippen molar-refractivity contribution in [3.63, 3.8) is 0 Å². The Labute approximate surface area is 114 Å². The monoisotopic (exact) mass is 263 g/mol. The molecule has 0 aliphatic carbocycles. The molecule has 0 amide bonds. The van der Waals surface area contributed by atoms with Crippen LogP contribution in [0.1, 0.15) is 31.9 Å². The van der Waals surface area contributed by atoms with Crippen molar-refractivity contribution in [3.05, 3.63) is 35.4 Å². The molecule has 3 atom stereocenters. The van der Waals surface area contributed by atoms with Gasteiger partial charge in [0, 0.05) is 0 Å². The Morgan fingerprint density at radius 3 is 2.11 bits per heavy atom. The van der Waals surface area contributed by atoms with Gasteiger partial charge >= 0.3 is 0 Å². The van der Waals surface area contributed by atoms with Crippen molar-refractivity contribution in [1.82, 2.24) is 5.32 Å². The van der Waals surface area contributed by atoms with Gasteiger partial charge in [-0.1, -0.05) is 30.2 Å². The largest absolute Gasteiger partial charge is 0.381 e. The van der Waals surface area contributed by atoms with Gasteiger partial charge in [0.25, 0.3) is 0 Å². The third kappa shape index (κ3) is 3.14. The molecule has 0 saturated carbocycles. The summed E-state index contributed by atoms with van der Waals surface area (Å²) in [5, 5.41) is 33.4. The third-order valence-electron chi connectivity index (χ3n) is 3.39. The van der Waals surface area contributed by atoms with Crippen molar-refractivity contribution in [2.75, 3.05) is 0 Å². The molecule has 0 aliphatic rings. The molecule has 0 saturated heterocycles. The van der Waals surface area contributed by atoms with Gasteiger partial charge in [-0.15, -0.1) is 6.42 Å². The van der Waals surface area contributed by atoms with Crippen LogP contribution in [0.3, 0.4) is 0 Å². The molecule has 0 bridgehead atoms. The SMILES string of the molecule is C#CC(C)(O)NC(C)(O)C(C)(O)c1ccccc1C. The number of aryl methyl sites for hydroxylation is 1. The van der Waals surface area contributed by atoms with Crippen LogP contribution in [0, 0.1) is 19.3 Å². The molecule has 1 aromatic rings. The fourth-order valence-electron chi connectivity index (χ4n) is 2.01. The van der Waals surface area contributed by atoms with E-state index in [4.69, 9.17) is 6.42 Å². The molecule has 3 unspecified atom stereocenters. The number of aliphatic hydroxyl groups is 3. The van der Waals surface area contributed by atoms with Gasteiger partial charge in [0.2, 0.25) is 0 Å². The standard InChI is InChI=1S/C15H21NO3/c1-6-13(3,17)16-15(5,19)14(4,18)12-10-8-7-9-11(12)2/h1,7-10,16-19H,2-5H3. The van der Waals surface area contributed by atoms with Crippen LogP contribution < -0.4 is 5.32 Å². The fourth-order valence-corrected chi connectivity index (χ4v) is 2.01. The number of nitrogens with one attached hydrogen (secondary N) is 1. The summed E-state index contributed by atoms with van der Waals surface area (Å²) in [5.41, 5.74) is -3.78. The van der Waals surface area contributed by atoms with E-state index in [1.165, 1.54) is 20.8 Å². The molecule has 1 aromatic carbocycles. The van der Waals surface area contributed by atoms with E-state index in [-0.39, 0.29) is 0 Å². The van der Waals surface area contributed by atoms with Crippen LogP contribution in [0.25, 0.3) is 0 Å². The van der Waals surface area contributed by atoms with Crippen LogP contribution >= 0.6 is 0 Å². The highest BCUT2D eigenvalue weighted by atomic mass is 16.4. The second-order valence-electron chi connectivity index (χ2n) is 5.30. The minimum Gasteiger partial charge on any atom is -0.381 e. The van der Waals surface area contributed by atoms with E-state index >= 15 is 0 Å². The zero-order chi connectivity index (χ0) is 14.9.